The molecule has 0 aliphatic heterocycles. The summed E-state index contributed by atoms with van der Waals surface area (Å²) in [7, 11) is -2.53. The molecule has 0 aliphatic rings. The van der Waals surface area contributed by atoms with Crippen molar-refractivity contribution in [1.29, 1.82) is 0 Å². The van der Waals surface area contributed by atoms with Crippen LogP contribution in [-0.2, 0) is 26.2 Å². The van der Waals surface area contributed by atoms with E-state index in [1.165, 1.54) is 24.1 Å². The first-order chi connectivity index (χ1) is 17.0. The van der Waals surface area contributed by atoms with E-state index in [0.717, 1.165) is 23.4 Å². The zero-order valence-corrected chi connectivity index (χ0v) is 23.3. The molecule has 2 aromatic carbocycles. The average molecular weight is 559 g/mol. The molecule has 0 unspecified atom stereocenters. The largest absolute Gasteiger partial charge is 0.495 e. The molecule has 198 valence electrons. The number of amides is 2. The maximum Gasteiger partial charge on any atom is 0.244 e. The number of carbonyl (C=O) groups excluding carboxylic acids is 2. The molecule has 0 aliphatic carbocycles. The van der Waals surface area contributed by atoms with Crippen molar-refractivity contribution in [2.45, 2.75) is 45.7 Å². The Hall–Kier alpha value is -2.49. The van der Waals surface area contributed by atoms with Crippen molar-refractivity contribution in [3.8, 4) is 5.75 Å². The minimum Gasteiger partial charge on any atom is -0.495 e. The summed E-state index contributed by atoms with van der Waals surface area (Å²) in [6.07, 6.45) is 3.03. The van der Waals surface area contributed by atoms with Crippen molar-refractivity contribution in [3.63, 3.8) is 0 Å². The Bertz CT molecular complexity index is 1160. The van der Waals surface area contributed by atoms with Crippen LogP contribution in [0.15, 0.2) is 42.5 Å². The maximum absolute atomic E-state index is 13.7. The second-order valence-corrected chi connectivity index (χ2v) is 11.0. The lowest BCUT2D eigenvalue weighted by Gasteiger charge is -2.33. The third-order valence-electron chi connectivity index (χ3n) is 5.60. The number of hydrogen-bond donors (Lipinski definition) is 1. The lowest BCUT2D eigenvalue weighted by molar-refractivity contribution is -0.140. The number of methoxy groups -OCH3 is 1. The number of halogens is 2. The summed E-state index contributed by atoms with van der Waals surface area (Å²) in [5.74, 6) is -0.642. The molecule has 0 saturated heterocycles. The number of carbonyl (C=O) groups is 2. The molecule has 36 heavy (non-hydrogen) atoms. The highest BCUT2D eigenvalue weighted by Crippen LogP contribution is 2.33. The van der Waals surface area contributed by atoms with Gasteiger partial charge in [-0.1, -0.05) is 61.7 Å². The Balaban J connectivity index is 2.49. The van der Waals surface area contributed by atoms with E-state index >= 15 is 0 Å². The molecule has 0 saturated carbocycles. The first-order valence-corrected chi connectivity index (χ1v) is 14.3. The molecule has 0 bridgehead atoms. The van der Waals surface area contributed by atoms with Gasteiger partial charge in [0.05, 0.1) is 19.1 Å². The third-order valence-corrected chi connectivity index (χ3v) is 7.33. The number of nitrogens with one attached hydrogen (secondary N) is 1. The molecule has 2 rings (SSSR count). The van der Waals surface area contributed by atoms with Crippen LogP contribution in [0.2, 0.25) is 10.0 Å². The van der Waals surface area contributed by atoms with E-state index in [0.29, 0.717) is 23.6 Å². The van der Waals surface area contributed by atoms with Crippen LogP contribution in [0.4, 0.5) is 5.69 Å². The summed E-state index contributed by atoms with van der Waals surface area (Å²) in [6, 6.07) is 10.7. The van der Waals surface area contributed by atoms with Crippen LogP contribution in [0.3, 0.4) is 0 Å². The fraction of sp³-hybridized carbons (Fsp3) is 0.440. The maximum atomic E-state index is 13.7. The van der Waals surface area contributed by atoms with E-state index < -0.39 is 28.5 Å². The van der Waals surface area contributed by atoms with Gasteiger partial charge in [-0.2, -0.15) is 0 Å². The number of anilines is 1. The summed E-state index contributed by atoms with van der Waals surface area (Å²) >= 11 is 12.5. The Morgan fingerprint density at radius 3 is 2.39 bits per heavy atom. The highest BCUT2D eigenvalue weighted by Gasteiger charge is 2.32. The van der Waals surface area contributed by atoms with Gasteiger partial charge in [-0.15, -0.1) is 0 Å². The number of ether oxygens (including phenoxy) is 1. The lowest BCUT2D eigenvalue weighted by Crippen LogP contribution is -2.52. The van der Waals surface area contributed by atoms with E-state index in [1.807, 2.05) is 6.92 Å². The summed E-state index contributed by atoms with van der Waals surface area (Å²) in [4.78, 5) is 28.2. The molecule has 2 amide bonds. The fourth-order valence-electron chi connectivity index (χ4n) is 3.69. The van der Waals surface area contributed by atoms with Crippen LogP contribution in [0.5, 0.6) is 5.75 Å². The summed E-state index contributed by atoms with van der Waals surface area (Å²) in [6.45, 7) is 3.77. The van der Waals surface area contributed by atoms with Gasteiger partial charge in [-0.3, -0.25) is 13.9 Å². The van der Waals surface area contributed by atoms with Crippen molar-refractivity contribution in [2.24, 2.45) is 0 Å². The van der Waals surface area contributed by atoms with E-state index in [2.05, 4.69) is 5.32 Å². The Labute approximate surface area is 223 Å². The smallest absolute Gasteiger partial charge is 0.244 e. The Morgan fingerprint density at radius 2 is 1.81 bits per heavy atom. The predicted molar refractivity (Wildman–Crippen MR) is 144 cm³/mol. The molecular formula is C25H33Cl2N3O5S. The standard InChI is InChI=1S/C25H33Cl2N3O5S/c1-5-7-14-28-25(32)21(6-2)29(16-18-10-8-9-11-20(18)27)24(31)17-30(36(4,33)34)22-15-19(26)12-13-23(22)35-3/h8-13,15,21H,5-7,14,16-17H2,1-4H3,(H,28,32)/t21-/m0/s1. The van der Waals surface area contributed by atoms with Gasteiger partial charge in [0, 0.05) is 23.1 Å². The van der Waals surface area contributed by atoms with Gasteiger partial charge in [0.25, 0.3) is 0 Å². The van der Waals surface area contributed by atoms with Crippen molar-refractivity contribution in [1.82, 2.24) is 10.2 Å². The van der Waals surface area contributed by atoms with Gasteiger partial charge < -0.3 is 15.0 Å². The Morgan fingerprint density at radius 1 is 1.11 bits per heavy atom. The molecule has 1 atom stereocenters. The predicted octanol–water partition coefficient (Wildman–Crippen LogP) is 4.49. The van der Waals surface area contributed by atoms with Crippen LogP contribution < -0.4 is 14.4 Å². The van der Waals surface area contributed by atoms with E-state index in [1.54, 1.807) is 37.3 Å². The second-order valence-electron chi connectivity index (χ2n) is 8.27. The van der Waals surface area contributed by atoms with Gasteiger partial charge >= 0.3 is 0 Å². The van der Waals surface area contributed by atoms with Gasteiger partial charge in [0.15, 0.2) is 0 Å². The van der Waals surface area contributed by atoms with Crippen LogP contribution in [0.1, 0.15) is 38.7 Å². The number of nitrogens with zero attached hydrogens (tertiary/aromatic N) is 2. The Kier molecular flexibility index (Phi) is 11.3. The van der Waals surface area contributed by atoms with Gasteiger partial charge in [0.2, 0.25) is 21.8 Å². The minimum atomic E-state index is -3.93. The minimum absolute atomic E-state index is 0.0303. The normalized spacial score (nSPS) is 12.1. The van der Waals surface area contributed by atoms with E-state index in [4.69, 9.17) is 27.9 Å². The van der Waals surface area contributed by atoms with Crippen LogP contribution in [-0.4, -0.2) is 57.6 Å². The monoisotopic (exact) mass is 557 g/mol. The molecule has 0 fully saturated rings. The van der Waals surface area contributed by atoms with Gasteiger partial charge in [-0.05, 0) is 42.7 Å². The van der Waals surface area contributed by atoms with Crippen molar-refractivity contribution in [2.75, 3.05) is 30.8 Å². The molecule has 0 heterocycles. The topological polar surface area (TPSA) is 96.0 Å². The number of unbranched alkanes of at least 4 members (excludes halogenated alkanes) is 1. The zero-order chi connectivity index (χ0) is 26.9. The molecule has 0 aromatic heterocycles. The third kappa shape index (κ3) is 8.01. The van der Waals surface area contributed by atoms with Crippen molar-refractivity contribution >= 4 is 50.7 Å². The van der Waals surface area contributed by atoms with Gasteiger partial charge in [-0.25, -0.2) is 8.42 Å². The highest BCUT2D eigenvalue weighted by molar-refractivity contribution is 7.92. The van der Waals surface area contributed by atoms with Crippen molar-refractivity contribution < 1.29 is 22.7 Å². The first-order valence-electron chi connectivity index (χ1n) is 11.6. The van der Waals surface area contributed by atoms with E-state index in [-0.39, 0.29) is 28.9 Å². The average Bonchev–Trinajstić information content (AvgIpc) is 2.82. The number of rotatable bonds is 13. The quantitative estimate of drug-likeness (QED) is 0.366. The van der Waals surface area contributed by atoms with Crippen LogP contribution in [0, 0.1) is 0 Å². The molecule has 0 radical (unpaired) electrons. The molecule has 0 spiro atoms. The molecule has 1 N–H and O–H groups in total. The molecule has 2 aromatic rings. The summed E-state index contributed by atoms with van der Waals surface area (Å²) in [5.41, 5.74) is 0.762. The first kappa shape index (κ1) is 29.7. The van der Waals surface area contributed by atoms with Crippen molar-refractivity contribution in [3.05, 3.63) is 58.1 Å². The molecular weight excluding hydrogens is 525 g/mol. The zero-order valence-electron chi connectivity index (χ0n) is 21.0. The lowest BCUT2D eigenvalue weighted by atomic mass is 10.1. The molecule has 8 nitrogen and oxygen atoms in total. The van der Waals surface area contributed by atoms with Crippen LogP contribution in [0.25, 0.3) is 0 Å². The summed E-state index contributed by atoms with van der Waals surface area (Å²) in [5, 5.41) is 3.59. The number of benzene rings is 2. The highest BCUT2D eigenvalue weighted by atomic mass is 35.5. The SMILES string of the molecule is CCCCNC(=O)[C@H](CC)N(Cc1ccccc1Cl)C(=O)CN(c1cc(Cl)ccc1OC)S(C)(=O)=O. The molecule has 11 heteroatoms. The number of hydrogen-bond acceptors (Lipinski definition) is 5. The van der Waals surface area contributed by atoms with E-state index in [9.17, 15) is 18.0 Å². The summed E-state index contributed by atoms with van der Waals surface area (Å²) < 4.78 is 31.8. The van der Waals surface area contributed by atoms with Crippen LogP contribution >= 0.6 is 23.2 Å². The number of sulfonamides is 1. The second kappa shape index (κ2) is 13.7. The van der Waals surface area contributed by atoms with Gasteiger partial charge in [0.1, 0.15) is 18.3 Å². The fourth-order valence-corrected chi connectivity index (χ4v) is 4.90.